The van der Waals surface area contributed by atoms with Crippen molar-refractivity contribution in [2.45, 2.75) is 33.4 Å². The number of aromatic nitrogens is 2. The summed E-state index contributed by atoms with van der Waals surface area (Å²) in [5, 5.41) is 7.71. The van der Waals surface area contributed by atoms with Crippen molar-refractivity contribution in [2.24, 2.45) is 0 Å². The quantitative estimate of drug-likeness (QED) is 0.847. The Hall–Kier alpha value is -2.17. The van der Waals surface area contributed by atoms with Gasteiger partial charge in [-0.1, -0.05) is 0 Å². The number of nitrogens with one attached hydrogen (secondary N) is 1. The topological polar surface area (TPSA) is 48.3 Å². The molecule has 114 valence electrons. The van der Waals surface area contributed by atoms with E-state index in [1.165, 1.54) is 0 Å². The molecule has 0 aliphatic heterocycles. The molecule has 0 amide bonds. The van der Waals surface area contributed by atoms with E-state index in [4.69, 9.17) is 9.47 Å². The molecule has 0 bridgehead atoms. The normalized spacial score (nSPS) is 10.7. The first-order chi connectivity index (χ1) is 10.1. The van der Waals surface area contributed by atoms with Crippen LogP contribution in [0.25, 0.3) is 0 Å². The first-order valence-electron chi connectivity index (χ1n) is 7.21. The SMILES string of the molecule is CCOc1cc(NCc2cnn(C(C)C)c2)ccc1OC. The molecular formula is C16H23N3O2. The Morgan fingerprint density at radius 2 is 2.10 bits per heavy atom. The minimum Gasteiger partial charge on any atom is -0.493 e. The van der Waals surface area contributed by atoms with Crippen LogP contribution in [0.15, 0.2) is 30.6 Å². The van der Waals surface area contributed by atoms with Gasteiger partial charge in [0.05, 0.1) is 19.9 Å². The maximum Gasteiger partial charge on any atom is 0.163 e. The van der Waals surface area contributed by atoms with E-state index in [1.807, 2.05) is 36.0 Å². The van der Waals surface area contributed by atoms with Crippen LogP contribution in [-0.2, 0) is 6.54 Å². The van der Waals surface area contributed by atoms with E-state index in [0.29, 0.717) is 12.6 Å². The van der Waals surface area contributed by atoms with Gasteiger partial charge in [0, 0.05) is 36.1 Å². The van der Waals surface area contributed by atoms with Gasteiger partial charge in [-0.05, 0) is 32.9 Å². The molecule has 0 saturated heterocycles. The zero-order valence-corrected chi connectivity index (χ0v) is 13.1. The Morgan fingerprint density at radius 3 is 2.71 bits per heavy atom. The van der Waals surface area contributed by atoms with E-state index in [1.54, 1.807) is 7.11 Å². The number of anilines is 1. The first kappa shape index (κ1) is 15.2. The Labute approximate surface area is 125 Å². The van der Waals surface area contributed by atoms with Gasteiger partial charge in [0.15, 0.2) is 11.5 Å². The fraction of sp³-hybridized carbons (Fsp3) is 0.438. The molecule has 0 radical (unpaired) electrons. The van der Waals surface area contributed by atoms with Crippen LogP contribution < -0.4 is 14.8 Å². The van der Waals surface area contributed by atoms with Crippen molar-refractivity contribution in [1.29, 1.82) is 0 Å². The number of ether oxygens (including phenoxy) is 2. The molecule has 0 atom stereocenters. The lowest BCUT2D eigenvalue weighted by atomic mass is 10.2. The van der Waals surface area contributed by atoms with Crippen LogP contribution in [0.1, 0.15) is 32.4 Å². The minimum atomic E-state index is 0.379. The highest BCUT2D eigenvalue weighted by molar-refractivity contribution is 5.54. The van der Waals surface area contributed by atoms with Crippen molar-refractivity contribution in [3.8, 4) is 11.5 Å². The van der Waals surface area contributed by atoms with Crippen LogP contribution in [-0.4, -0.2) is 23.5 Å². The highest BCUT2D eigenvalue weighted by Crippen LogP contribution is 2.30. The standard InChI is InChI=1S/C16H23N3O2/c1-5-21-16-8-14(6-7-15(16)20-4)17-9-13-10-18-19(11-13)12(2)3/h6-8,10-12,17H,5,9H2,1-4H3. The van der Waals surface area contributed by atoms with E-state index in [2.05, 4.69) is 30.5 Å². The van der Waals surface area contributed by atoms with Crippen molar-refractivity contribution < 1.29 is 9.47 Å². The van der Waals surface area contributed by atoms with Crippen LogP contribution >= 0.6 is 0 Å². The molecule has 0 unspecified atom stereocenters. The van der Waals surface area contributed by atoms with Crippen LogP contribution in [0.5, 0.6) is 11.5 Å². The number of rotatable bonds is 7. The molecule has 1 N–H and O–H groups in total. The highest BCUT2D eigenvalue weighted by atomic mass is 16.5. The summed E-state index contributed by atoms with van der Waals surface area (Å²) in [6, 6.07) is 6.22. The number of benzene rings is 1. The summed E-state index contributed by atoms with van der Waals surface area (Å²) >= 11 is 0. The van der Waals surface area contributed by atoms with Crippen LogP contribution in [0.3, 0.4) is 0 Å². The zero-order chi connectivity index (χ0) is 15.2. The fourth-order valence-electron chi connectivity index (χ4n) is 2.01. The number of hydrogen-bond acceptors (Lipinski definition) is 4. The third-order valence-electron chi connectivity index (χ3n) is 3.14. The van der Waals surface area contributed by atoms with Crippen molar-refractivity contribution >= 4 is 5.69 Å². The van der Waals surface area contributed by atoms with E-state index < -0.39 is 0 Å². The molecule has 1 aromatic heterocycles. The van der Waals surface area contributed by atoms with Gasteiger partial charge in [0.1, 0.15) is 0 Å². The Kier molecular flexibility index (Phi) is 5.09. The largest absolute Gasteiger partial charge is 0.493 e. The van der Waals surface area contributed by atoms with E-state index in [0.717, 1.165) is 29.3 Å². The van der Waals surface area contributed by atoms with Crippen LogP contribution in [0.4, 0.5) is 5.69 Å². The lowest BCUT2D eigenvalue weighted by molar-refractivity contribution is 0.311. The number of methoxy groups -OCH3 is 1. The smallest absolute Gasteiger partial charge is 0.163 e. The third-order valence-corrected chi connectivity index (χ3v) is 3.14. The molecule has 0 fully saturated rings. The van der Waals surface area contributed by atoms with Gasteiger partial charge in [0.2, 0.25) is 0 Å². The molecule has 2 aromatic rings. The van der Waals surface area contributed by atoms with Gasteiger partial charge in [0.25, 0.3) is 0 Å². The predicted molar refractivity (Wildman–Crippen MR) is 84.1 cm³/mol. The lowest BCUT2D eigenvalue weighted by Gasteiger charge is -2.12. The van der Waals surface area contributed by atoms with Crippen molar-refractivity contribution in [2.75, 3.05) is 19.0 Å². The molecule has 2 rings (SSSR count). The molecular weight excluding hydrogens is 266 g/mol. The van der Waals surface area contributed by atoms with Gasteiger partial charge in [-0.2, -0.15) is 5.10 Å². The molecule has 0 aliphatic rings. The predicted octanol–water partition coefficient (Wildman–Crippen LogP) is 3.48. The van der Waals surface area contributed by atoms with Gasteiger partial charge in [-0.25, -0.2) is 0 Å². The number of hydrogen-bond donors (Lipinski definition) is 1. The van der Waals surface area contributed by atoms with E-state index in [-0.39, 0.29) is 0 Å². The Bertz CT molecular complexity index is 579. The summed E-state index contributed by atoms with van der Waals surface area (Å²) in [5.74, 6) is 1.50. The molecule has 1 heterocycles. The maximum atomic E-state index is 5.57. The van der Waals surface area contributed by atoms with Gasteiger partial charge < -0.3 is 14.8 Å². The molecule has 1 aromatic carbocycles. The monoisotopic (exact) mass is 289 g/mol. The van der Waals surface area contributed by atoms with Gasteiger partial charge in [-0.15, -0.1) is 0 Å². The first-order valence-corrected chi connectivity index (χ1v) is 7.21. The second kappa shape index (κ2) is 7.02. The molecule has 0 aliphatic carbocycles. The average molecular weight is 289 g/mol. The Morgan fingerprint density at radius 1 is 1.29 bits per heavy atom. The van der Waals surface area contributed by atoms with Crippen molar-refractivity contribution in [3.05, 3.63) is 36.2 Å². The second-order valence-electron chi connectivity index (χ2n) is 5.07. The highest BCUT2D eigenvalue weighted by Gasteiger charge is 2.06. The Balaban J connectivity index is 2.03. The maximum absolute atomic E-state index is 5.57. The molecule has 21 heavy (non-hydrogen) atoms. The van der Waals surface area contributed by atoms with Gasteiger partial charge in [-0.3, -0.25) is 4.68 Å². The zero-order valence-electron chi connectivity index (χ0n) is 13.1. The summed E-state index contributed by atoms with van der Waals surface area (Å²) in [6.07, 6.45) is 3.95. The van der Waals surface area contributed by atoms with Crippen molar-refractivity contribution in [3.63, 3.8) is 0 Å². The summed E-state index contributed by atoms with van der Waals surface area (Å²) in [6.45, 7) is 7.52. The second-order valence-corrected chi connectivity index (χ2v) is 5.07. The average Bonchev–Trinajstić information content (AvgIpc) is 2.95. The summed E-state index contributed by atoms with van der Waals surface area (Å²) in [5.41, 5.74) is 2.15. The van der Waals surface area contributed by atoms with Crippen molar-refractivity contribution in [1.82, 2.24) is 9.78 Å². The third kappa shape index (κ3) is 3.90. The minimum absolute atomic E-state index is 0.379. The molecule has 5 nitrogen and oxygen atoms in total. The summed E-state index contributed by atoms with van der Waals surface area (Å²) < 4.78 is 12.8. The lowest BCUT2D eigenvalue weighted by Crippen LogP contribution is -2.02. The van der Waals surface area contributed by atoms with Crippen LogP contribution in [0, 0.1) is 0 Å². The molecule has 5 heteroatoms. The summed E-state index contributed by atoms with van der Waals surface area (Å²) in [7, 11) is 1.64. The van der Waals surface area contributed by atoms with E-state index in [9.17, 15) is 0 Å². The summed E-state index contributed by atoms with van der Waals surface area (Å²) in [4.78, 5) is 0. The van der Waals surface area contributed by atoms with E-state index >= 15 is 0 Å². The molecule has 0 saturated carbocycles. The van der Waals surface area contributed by atoms with Crippen LogP contribution in [0.2, 0.25) is 0 Å². The fourth-order valence-corrected chi connectivity index (χ4v) is 2.01. The number of nitrogens with zero attached hydrogens (tertiary/aromatic N) is 2. The van der Waals surface area contributed by atoms with Gasteiger partial charge >= 0.3 is 0 Å². The molecule has 0 spiro atoms.